The Morgan fingerprint density at radius 2 is 0.906 bits per heavy atom. The average molecular weight is 456 g/mol. The Morgan fingerprint density at radius 1 is 0.531 bits per heavy atom. The van der Waals surface area contributed by atoms with Crippen molar-refractivity contribution >= 4 is 5.91 Å². The summed E-state index contributed by atoms with van der Waals surface area (Å²) in [6, 6.07) is 0. The highest BCUT2D eigenvalue weighted by atomic mass is 16.1. The third kappa shape index (κ3) is 27.3. The van der Waals surface area contributed by atoms with Gasteiger partial charge in [0.05, 0.1) is 0 Å². The molecule has 0 heterocycles. The monoisotopic (exact) mass is 455 g/mol. The molecule has 0 unspecified atom stereocenters. The van der Waals surface area contributed by atoms with Gasteiger partial charge in [-0.25, -0.2) is 0 Å². The molecule has 0 aromatic carbocycles. The van der Waals surface area contributed by atoms with Crippen LogP contribution in [0, 0.1) is 0 Å². The van der Waals surface area contributed by atoms with Gasteiger partial charge in [-0.3, -0.25) is 4.79 Å². The van der Waals surface area contributed by atoms with Crippen LogP contribution < -0.4 is 27.0 Å². The fraction of sp³-hybridized carbons (Fsp3) is 0.962. The first kappa shape index (κ1) is 31.3. The normalized spacial score (nSPS) is 11.2. The van der Waals surface area contributed by atoms with E-state index in [4.69, 9.17) is 5.73 Å². The van der Waals surface area contributed by atoms with E-state index in [0.29, 0.717) is 13.0 Å². The van der Waals surface area contributed by atoms with Gasteiger partial charge in [-0.1, -0.05) is 96.8 Å². The zero-order valence-electron chi connectivity index (χ0n) is 21.5. The zero-order chi connectivity index (χ0) is 23.4. The minimum atomic E-state index is 0.200. The fourth-order valence-electron chi connectivity index (χ4n) is 3.87. The number of amides is 1. The molecule has 0 fully saturated rings. The van der Waals surface area contributed by atoms with Gasteiger partial charge in [0.15, 0.2) is 0 Å². The van der Waals surface area contributed by atoms with Crippen molar-refractivity contribution < 1.29 is 4.79 Å². The molecule has 0 bridgehead atoms. The number of hydrogen-bond donors (Lipinski definition) is 5. The van der Waals surface area contributed by atoms with E-state index in [0.717, 1.165) is 52.2 Å². The van der Waals surface area contributed by atoms with E-state index in [9.17, 15) is 4.79 Å². The van der Waals surface area contributed by atoms with Crippen LogP contribution in [0.5, 0.6) is 0 Å². The van der Waals surface area contributed by atoms with E-state index in [1.807, 2.05) is 0 Å². The number of rotatable bonds is 27. The van der Waals surface area contributed by atoms with Gasteiger partial charge in [-0.15, -0.1) is 0 Å². The van der Waals surface area contributed by atoms with Gasteiger partial charge in [-0.05, 0) is 6.42 Å². The van der Waals surface area contributed by atoms with Crippen molar-refractivity contribution in [3.05, 3.63) is 0 Å². The molecule has 192 valence electrons. The summed E-state index contributed by atoms with van der Waals surface area (Å²) in [6.45, 7) is 9.16. The van der Waals surface area contributed by atoms with E-state index in [2.05, 4.69) is 28.2 Å². The smallest absolute Gasteiger partial charge is 0.220 e. The Bertz CT molecular complexity index is 368. The Labute approximate surface area is 200 Å². The molecule has 32 heavy (non-hydrogen) atoms. The minimum absolute atomic E-state index is 0.200. The number of nitrogens with two attached hydrogens (primary N) is 1. The number of carbonyl (C=O) groups is 1. The maximum absolute atomic E-state index is 11.9. The molecule has 0 rings (SSSR count). The van der Waals surface area contributed by atoms with Gasteiger partial charge in [0, 0.05) is 58.8 Å². The summed E-state index contributed by atoms with van der Waals surface area (Å²) in [5, 5.41) is 13.0. The summed E-state index contributed by atoms with van der Waals surface area (Å²) in [7, 11) is 0. The van der Waals surface area contributed by atoms with Gasteiger partial charge < -0.3 is 27.0 Å². The van der Waals surface area contributed by atoms with E-state index in [1.165, 1.54) is 89.9 Å². The van der Waals surface area contributed by atoms with Crippen LogP contribution in [0.1, 0.15) is 110 Å². The average Bonchev–Trinajstić information content (AvgIpc) is 2.80. The highest BCUT2D eigenvalue weighted by molar-refractivity contribution is 5.75. The van der Waals surface area contributed by atoms with E-state index < -0.39 is 0 Å². The summed E-state index contributed by atoms with van der Waals surface area (Å²) in [4.78, 5) is 11.9. The molecule has 6 N–H and O–H groups in total. The zero-order valence-corrected chi connectivity index (χ0v) is 21.5. The Hall–Kier alpha value is -0.690. The van der Waals surface area contributed by atoms with Crippen molar-refractivity contribution in [3.8, 4) is 0 Å². The molecule has 0 aromatic heterocycles. The van der Waals surface area contributed by atoms with Crippen LogP contribution in [0.4, 0.5) is 0 Å². The second kappa shape index (κ2) is 28.3. The Kier molecular flexibility index (Phi) is 27.7. The lowest BCUT2D eigenvalue weighted by Gasteiger charge is -2.08. The van der Waals surface area contributed by atoms with E-state index in [-0.39, 0.29) is 5.91 Å². The molecule has 0 aliphatic carbocycles. The largest absolute Gasteiger partial charge is 0.355 e. The molecule has 0 saturated heterocycles. The molecule has 0 aliphatic heterocycles. The minimum Gasteiger partial charge on any atom is -0.355 e. The molecule has 6 nitrogen and oxygen atoms in total. The van der Waals surface area contributed by atoms with Crippen molar-refractivity contribution in [3.63, 3.8) is 0 Å². The maximum Gasteiger partial charge on any atom is 0.220 e. The standard InChI is InChI=1S/C26H57N5O/c1-2-3-4-5-6-7-8-9-10-11-12-13-14-15-16-17-26(32)31-25-24-30-23-22-29-21-20-28-19-18-27/h28-30H,2-25,27H2,1H3,(H,31,32). The van der Waals surface area contributed by atoms with Crippen LogP contribution >= 0.6 is 0 Å². The number of hydrogen-bond acceptors (Lipinski definition) is 5. The van der Waals surface area contributed by atoms with Gasteiger partial charge in [0.25, 0.3) is 0 Å². The predicted octanol–water partition coefficient (Wildman–Crippen LogP) is 4.09. The summed E-state index contributed by atoms with van der Waals surface area (Å²) in [6.07, 6.45) is 21.0. The Balaban J connectivity index is 3.13. The third-order valence-electron chi connectivity index (χ3n) is 5.91. The fourth-order valence-corrected chi connectivity index (χ4v) is 3.87. The number of nitrogens with one attached hydrogen (secondary N) is 4. The summed E-state index contributed by atoms with van der Waals surface area (Å²) in [5.74, 6) is 0.200. The maximum atomic E-state index is 11.9. The molecular weight excluding hydrogens is 398 g/mol. The summed E-state index contributed by atoms with van der Waals surface area (Å²) < 4.78 is 0. The number of carbonyl (C=O) groups excluding carboxylic acids is 1. The van der Waals surface area contributed by atoms with E-state index >= 15 is 0 Å². The van der Waals surface area contributed by atoms with Crippen LogP contribution in [0.25, 0.3) is 0 Å². The molecule has 0 spiro atoms. The van der Waals surface area contributed by atoms with Crippen molar-refractivity contribution in [1.29, 1.82) is 0 Å². The van der Waals surface area contributed by atoms with Crippen molar-refractivity contribution in [1.82, 2.24) is 21.3 Å². The quantitative estimate of drug-likeness (QED) is 0.120. The predicted molar refractivity (Wildman–Crippen MR) is 140 cm³/mol. The second-order valence-corrected chi connectivity index (χ2v) is 9.09. The molecule has 0 saturated carbocycles. The van der Waals surface area contributed by atoms with Crippen LogP contribution in [0.2, 0.25) is 0 Å². The molecule has 0 aromatic rings. The van der Waals surface area contributed by atoms with Crippen LogP contribution in [0.3, 0.4) is 0 Å². The lowest BCUT2D eigenvalue weighted by molar-refractivity contribution is -0.121. The van der Waals surface area contributed by atoms with Crippen molar-refractivity contribution in [2.75, 3.05) is 52.4 Å². The SMILES string of the molecule is CCCCCCCCCCCCCCCCCC(=O)NCCNCCNCCNCCN. The second-order valence-electron chi connectivity index (χ2n) is 9.09. The highest BCUT2D eigenvalue weighted by Crippen LogP contribution is 2.13. The molecule has 1 amide bonds. The van der Waals surface area contributed by atoms with Gasteiger partial charge in [0.2, 0.25) is 5.91 Å². The van der Waals surface area contributed by atoms with Crippen LogP contribution in [-0.2, 0) is 4.79 Å². The highest BCUT2D eigenvalue weighted by Gasteiger charge is 2.00. The lowest BCUT2D eigenvalue weighted by atomic mass is 10.0. The molecule has 0 atom stereocenters. The van der Waals surface area contributed by atoms with Crippen LogP contribution in [-0.4, -0.2) is 58.3 Å². The Morgan fingerprint density at radius 3 is 1.34 bits per heavy atom. The molecule has 0 radical (unpaired) electrons. The van der Waals surface area contributed by atoms with E-state index in [1.54, 1.807) is 0 Å². The van der Waals surface area contributed by atoms with Gasteiger partial charge in [0.1, 0.15) is 0 Å². The molecule has 6 heteroatoms. The van der Waals surface area contributed by atoms with Gasteiger partial charge in [-0.2, -0.15) is 0 Å². The van der Waals surface area contributed by atoms with Crippen LogP contribution in [0.15, 0.2) is 0 Å². The van der Waals surface area contributed by atoms with Gasteiger partial charge >= 0.3 is 0 Å². The molecule has 0 aliphatic rings. The number of unbranched alkanes of at least 4 members (excludes halogenated alkanes) is 14. The summed E-state index contributed by atoms with van der Waals surface area (Å²) in [5.41, 5.74) is 5.42. The van der Waals surface area contributed by atoms with Crippen molar-refractivity contribution in [2.24, 2.45) is 5.73 Å². The first-order chi connectivity index (χ1) is 15.8. The third-order valence-corrected chi connectivity index (χ3v) is 5.91. The first-order valence-corrected chi connectivity index (χ1v) is 13.9. The summed E-state index contributed by atoms with van der Waals surface area (Å²) >= 11 is 0. The lowest BCUT2D eigenvalue weighted by Crippen LogP contribution is -2.36. The van der Waals surface area contributed by atoms with Crippen molar-refractivity contribution in [2.45, 2.75) is 110 Å². The molecular formula is C26H57N5O. The topological polar surface area (TPSA) is 91.2 Å². The first-order valence-electron chi connectivity index (χ1n) is 13.9.